The first-order valence-corrected chi connectivity index (χ1v) is 10.1. The molecule has 0 fully saturated rings. The largest absolute Gasteiger partial charge is 0.480 e. The number of amides is 1. The van der Waals surface area contributed by atoms with Crippen molar-refractivity contribution in [1.82, 2.24) is 5.32 Å². The number of nitrogens with one attached hydrogen (secondary N) is 1. The Morgan fingerprint density at radius 2 is 1.71 bits per heavy atom. The van der Waals surface area contributed by atoms with E-state index in [4.69, 9.17) is 23.2 Å². The van der Waals surface area contributed by atoms with Gasteiger partial charge in [-0.1, -0.05) is 36.4 Å². The molecule has 0 aliphatic rings. The number of hydrogen-bond acceptors (Lipinski definition) is 3. The van der Waals surface area contributed by atoms with Crippen LogP contribution in [0.4, 0.5) is 5.69 Å². The van der Waals surface area contributed by atoms with Crippen LogP contribution in [0.1, 0.15) is 21.5 Å². The molecular weight excluding hydrogens is 399 g/mol. The summed E-state index contributed by atoms with van der Waals surface area (Å²) in [6.07, 6.45) is 0.214. The van der Waals surface area contributed by atoms with Crippen molar-refractivity contribution < 1.29 is 14.7 Å². The van der Waals surface area contributed by atoms with Gasteiger partial charge in [-0.3, -0.25) is 4.79 Å². The number of hydrogen-bond donors (Lipinski definition) is 2. The van der Waals surface area contributed by atoms with Gasteiger partial charge in [-0.2, -0.15) is 0 Å². The molecule has 0 saturated heterocycles. The Kier molecular flexibility index (Phi) is 8.61. The van der Waals surface area contributed by atoms with Gasteiger partial charge in [-0.25, -0.2) is 4.79 Å². The fraction of sp³-hybridized carbons (Fsp3) is 0.333. The van der Waals surface area contributed by atoms with Gasteiger partial charge in [-0.15, -0.1) is 23.2 Å². The van der Waals surface area contributed by atoms with Gasteiger partial charge in [-0.05, 0) is 30.2 Å². The van der Waals surface area contributed by atoms with Gasteiger partial charge in [0.25, 0.3) is 5.91 Å². The van der Waals surface area contributed by atoms with Crippen LogP contribution in [0.2, 0.25) is 0 Å². The second-order valence-corrected chi connectivity index (χ2v) is 7.18. The number of carboxylic acids is 1. The first-order valence-electron chi connectivity index (χ1n) is 9.01. The summed E-state index contributed by atoms with van der Waals surface area (Å²) >= 11 is 11.8. The molecule has 0 aliphatic carbocycles. The van der Waals surface area contributed by atoms with E-state index in [9.17, 15) is 14.7 Å². The predicted molar refractivity (Wildman–Crippen MR) is 114 cm³/mol. The highest BCUT2D eigenvalue weighted by Crippen LogP contribution is 2.22. The number of nitrogens with zero attached hydrogens (tertiary/aromatic N) is 1. The Balaban J connectivity index is 2.20. The number of rotatable bonds is 10. The molecule has 28 heavy (non-hydrogen) atoms. The van der Waals surface area contributed by atoms with Gasteiger partial charge in [0.1, 0.15) is 6.04 Å². The van der Waals surface area contributed by atoms with Crippen molar-refractivity contribution in [3.05, 3.63) is 65.2 Å². The standard InChI is InChI=1S/C21H24Cl2N2O3/c1-15-7-8-17(14-19(15)25(11-9-22)12-10-23)20(26)24-18(21(27)28)13-16-5-3-2-4-6-16/h2-8,14,18H,9-13H2,1H3,(H,24,26)(H,27,28). The number of benzene rings is 2. The van der Waals surface area contributed by atoms with Crippen molar-refractivity contribution >= 4 is 40.8 Å². The monoisotopic (exact) mass is 422 g/mol. The molecule has 2 N–H and O–H groups in total. The first-order chi connectivity index (χ1) is 13.5. The lowest BCUT2D eigenvalue weighted by molar-refractivity contribution is -0.139. The minimum Gasteiger partial charge on any atom is -0.480 e. The number of carbonyl (C=O) groups excluding carboxylic acids is 1. The Morgan fingerprint density at radius 1 is 1.07 bits per heavy atom. The van der Waals surface area contributed by atoms with E-state index in [-0.39, 0.29) is 6.42 Å². The van der Waals surface area contributed by atoms with Crippen molar-refractivity contribution in [2.24, 2.45) is 0 Å². The molecule has 5 nitrogen and oxygen atoms in total. The summed E-state index contributed by atoms with van der Waals surface area (Å²) in [6.45, 7) is 3.15. The highest BCUT2D eigenvalue weighted by atomic mass is 35.5. The Morgan fingerprint density at radius 3 is 2.29 bits per heavy atom. The maximum atomic E-state index is 12.7. The zero-order valence-corrected chi connectivity index (χ0v) is 17.2. The van der Waals surface area contributed by atoms with Crippen LogP contribution in [-0.4, -0.2) is 47.9 Å². The molecule has 0 radical (unpaired) electrons. The van der Waals surface area contributed by atoms with Gasteiger partial charge in [0.05, 0.1) is 0 Å². The van der Waals surface area contributed by atoms with Gasteiger partial charge in [0.2, 0.25) is 0 Å². The molecule has 7 heteroatoms. The molecule has 2 aromatic rings. The molecule has 1 unspecified atom stereocenters. The molecule has 150 valence electrons. The van der Waals surface area contributed by atoms with Crippen molar-refractivity contribution in [2.45, 2.75) is 19.4 Å². The molecule has 1 amide bonds. The SMILES string of the molecule is Cc1ccc(C(=O)NC(Cc2ccccc2)C(=O)O)cc1N(CCCl)CCCl. The third kappa shape index (κ3) is 6.14. The number of anilines is 1. The summed E-state index contributed by atoms with van der Waals surface area (Å²) in [5.41, 5.74) is 3.10. The summed E-state index contributed by atoms with van der Waals surface area (Å²) in [6, 6.07) is 13.5. The number of carbonyl (C=O) groups is 2. The zero-order valence-electron chi connectivity index (χ0n) is 15.7. The summed E-state index contributed by atoms with van der Waals surface area (Å²) in [7, 11) is 0. The fourth-order valence-corrected chi connectivity index (χ4v) is 3.35. The lowest BCUT2D eigenvalue weighted by atomic mass is 10.0. The lowest BCUT2D eigenvalue weighted by Gasteiger charge is -2.25. The van der Waals surface area contributed by atoms with Crippen molar-refractivity contribution in [1.29, 1.82) is 0 Å². The zero-order chi connectivity index (χ0) is 20.5. The van der Waals surface area contributed by atoms with Crippen LogP contribution in [0.15, 0.2) is 48.5 Å². The summed E-state index contributed by atoms with van der Waals surface area (Å²) in [5.74, 6) is -0.632. The van der Waals surface area contributed by atoms with Crippen LogP contribution in [0, 0.1) is 6.92 Å². The first kappa shape index (κ1) is 22.1. The molecule has 2 aromatic carbocycles. The van der Waals surface area contributed by atoms with E-state index in [2.05, 4.69) is 5.32 Å². The van der Waals surface area contributed by atoms with Gasteiger partial charge in [0.15, 0.2) is 0 Å². The number of alkyl halides is 2. The smallest absolute Gasteiger partial charge is 0.326 e. The molecule has 0 aromatic heterocycles. The lowest BCUT2D eigenvalue weighted by Crippen LogP contribution is -2.42. The second-order valence-electron chi connectivity index (χ2n) is 6.42. The highest BCUT2D eigenvalue weighted by Gasteiger charge is 2.22. The molecule has 2 rings (SSSR count). The quantitative estimate of drug-likeness (QED) is 0.572. The second kappa shape index (κ2) is 10.9. The van der Waals surface area contributed by atoms with Gasteiger partial charge in [0, 0.05) is 42.5 Å². The van der Waals surface area contributed by atoms with Crippen molar-refractivity contribution in [3.8, 4) is 0 Å². The number of carboxylic acid groups (broad SMARTS) is 1. The summed E-state index contributed by atoms with van der Waals surface area (Å²) < 4.78 is 0. The Labute approximate surface area is 175 Å². The third-order valence-corrected chi connectivity index (χ3v) is 4.75. The highest BCUT2D eigenvalue weighted by molar-refractivity contribution is 6.18. The summed E-state index contributed by atoms with van der Waals surface area (Å²) in [4.78, 5) is 26.3. The Hall–Kier alpha value is -2.24. The van der Waals surface area contributed by atoms with Crippen LogP contribution in [0.3, 0.4) is 0 Å². The fourth-order valence-electron chi connectivity index (χ4n) is 2.94. The van der Waals surface area contributed by atoms with E-state index >= 15 is 0 Å². The topological polar surface area (TPSA) is 69.6 Å². The average molecular weight is 423 g/mol. The van der Waals surface area contributed by atoms with Crippen molar-refractivity contribution in [3.63, 3.8) is 0 Å². The molecule has 0 bridgehead atoms. The molecular formula is C21H24Cl2N2O3. The van der Waals surface area contributed by atoms with Crippen LogP contribution >= 0.6 is 23.2 Å². The predicted octanol–water partition coefficient (Wildman–Crippen LogP) is 3.70. The maximum absolute atomic E-state index is 12.7. The molecule has 0 aliphatic heterocycles. The van der Waals surface area contributed by atoms with Crippen molar-refractivity contribution in [2.75, 3.05) is 29.7 Å². The number of aryl methyl sites for hydroxylation is 1. The minimum absolute atomic E-state index is 0.214. The molecule has 0 heterocycles. The molecule has 1 atom stereocenters. The van der Waals surface area contributed by atoms with E-state index < -0.39 is 17.9 Å². The van der Waals surface area contributed by atoms with Gasteiger partial charge >= 0.3 is 5.97 Å². The van der Waals surface area contributed by atoms with E-state index in [0.29, 0.717) is 30.4 Å². The van der Waals surface area contributed by atoms with Crippen LogP contribution in [0.25, 0.3) is 0 Å². The maximum Gasteiger partial charge on any atom is 0.326 e. The minimum atomic E-state index is -1.07. The van der Waals surface area contributed by atoms with Gasteiger partial charge < -0.3 is 15.3 Å². The van der Waals surface area contributed by atoms with E-state index in [0.717, 1.165) is 16.8 Å². The van der Waals surface area contributed by atoms with E-state index in [1.165, 1.54) is 0 Å². The molecule has 0 saturated carbocycles. The van der Waals surface area contributed by atoms with Crippen LogP contribution in [-0.2, 0) is 11.2 Å². The third-order valence-electron chi connectivity index (χ3n) is 4.41. The average Bonchev–Trinajstić information content (AvgIpc) is 2.68. The number of aliphatic carboxylic acids is 1. The number of halogens is 2. The van der Waals surface area contributed by atoms with E-state index in [1.54, 1.807) is 12.1 Å². The summed E-state index contributed by atoms with van der Waals surface area (Å²) in [5, 5.41) is 12.1. The molecule has 0 spiro atoms. The van der Waals surface area contributed by atoms with Crippen LogP contribution in [0.5, 0.6) is 0 Å². The Bertz CT molecular complexity index is 793. The normalized spacial score (nSPS) is 11.7. The van der Waals surface area contributed by atoms with Crippen LogP contribution < -0.4 is 10.2 Å². The van der Waals surface area contributed by atoms with E-state index in [1.807, 2.05) is 48.2 Å².